The number of esters is 1. The minimum absolute atomic E-state index is 0.0391. The number of anilines is 1. The Kier molecular flexibility index (Phi) is 6.67. The van der Waals surface area contributed by atoms with Crippen molar-refractivity contribution < 1.29 is 19.2 Å². The van der Waals surface area contributed by atoms with Gasteiger partial charge in [-0.3, -0.25) is 14.9 Å². The van der Waals surface area contributed by atoms with Crippen LogP contribution in [0.25, 0.3) is 0 Å². The van der Waals surface area contributed by atoms with E-state index in [-0.39, 0.29) is 16.9 Å². The van der Waals surface area contributed by atoms with Gasteiger partial charge >= 0.3 is 5.97 Å². The van der Waals surface area contributed by atoms with Crippen LogP contribution in [0.2, 0.25) is 0 Å². The minimum Gasteiger partial charge on any atom is -0.452 e. The molecule has 0 aromatic heterocycles. The second kappa shape index (κ2) is 9.16. The molecule has 0 aliphatic carbocycles. The fourth-order valence-corrected chi connectivity index (χ4v) is 2.26. The molecule has 0 aliphatic heterocycles. The number of nitrogens with one attached hydrogen (secondary N) is 1. The lowest BCUT2D eigenvalue weighted by Crippen LogP contribution is -2.29. The van der Waals surface area contributed by atoms with Gasteiger partial charge < -0.3 is 15.8 Å². The van der Waals surface area contributed by atoms with Crippen molar-refractivity contribution in [2.24, 2.45) is 0 Å². The zero-order valence-electron chi connectivity index (χ0n) is 14.0. The van der Waals surface area contributed by atoms with Gasteiger partial charge in [0.1, 0.15) is 5.69 Å². The summed E-state index contributed by atoms with van der Waals surface area (Å²) >= 11 is 0. The van der Waals surface area contributed by atoms with E-state index in [0.29, 0.717) is 6.54 Å². The van der Waals surface area contributed by atoms with Gasteiger partial charge in [0.05, 0.1) is 10.5 Å². The smallest absolute Gasteiger partial charge is 0.338 e. The molecule has 0 spiro atoms. The number of carbonyl (C=O) groups is 2. The highest BCUT2D eigenvalue weighted by Gasteiger charge is 2.17. The predicted molar refractivity (Wildman–Crippen MR) is 95.6 cm³/mol. The van der Waals surface area contributed by atoms with Crippen molar-refractivity contribution >= 4 is 23.3 Å². The summed E-state index contributed by atoms with van der Waals surface area (Å²) in [7, 11) is 0. The molecule has 26 heavy (non-hydrogen) atoms. The number of carbonyl (C=O) groups excluding carboxylic acids is 2. The number of rotatable bonds is 8. The van der Waals surface area contributed by atoms with Gasteiger partial charge in [0.15, 0.2) is 6.61 Å². The van der Waals surface area contributed by atoms with Crippen LogP contribution < -0.4 is 11.1 Å². The molecule has 2 aromatic rings. The van der Waals surface area contributed by atoms with Crippen LogP contribution in [-0.4, -0.2) is 30.0 Å². The molecule has 0 bridgehead atoms. The number of nitrogens with two attached hydrogens (primary N) is 1. The Hall–Kier alpha value is -3.42. The number of nitrogen functional groups attached to an aromatic ring is 1. The van der Waals surface area contributed by atoms with Crippen LogP contribution in [0.4, 0.5) is 11.4 Å². The first kappa shape index (κ1) is 18.9. The molecule has 0 radical (unpaired) electrons. The summed E-state index contributed by atoms with van der Waals surface area (Å²) in [6, 6.07) is 13.4. The molecule has 0 atom stereocenters. The van der Waals surface area contributed by atoms with E-state index >= 15 is 0 Å². The number of hydrogen-bond donors (Lipinski definition) is 2. The lowest BCUT2D eigenvalue weighted by Gasteiger charge is -2.07. The van der Waals surface area contributed by atoms with Crippen molar-refractivity contribution in [3.05, 3.63) is 69.8 Å². The van der Waals surface area contributed by atoms with Crippen molar-refractivity contribution in [2.75, 3.05) is 18.9 Å². The fourth-order valence-electron chi connectivity index (χ4n) is 2.26. The summed E-state index contributed by atoms with van der Waals surface area (Å²) in [5, 5.41) is 13.5. The van der Waals surface area contributed by atoms with Crippen LogP contribution in [0.5, 0.6) is 0 Å². The van der Waals surface area contributed by atoms with E-state index in [0.717, 1.165) is 18.9 Å². The van der Waals surface area contributed by atoms with Gasteiger partial charge in [-0.25, -0.2) is 4.79 Å². The first-order valence-corrected chi connectivity index (χ1v) is 7.99. The van der Waals surface area contributed by atoms with Crippen LogP contribution in [0, 0.1) is 10.1 Å². The third-order valence-electron chi connectivity index (χ3n) is 3.60. The first-order chi connectivity index (χ1) is 12.5. The average molecular weight is 357 g/mol. The number of aryl methyl sites for hydroxylation is 1. The van der Waals surface area contributed by atoms with E-state index < -0.39 is 23.4 Å². The van der Waals surface area contributed by atoms with Gasteiger partial charge in [-0.15, -0.1) is 0 Å². The predicted octanol–water partition coefficient (Wildman–Crippen LogP) is 2.08. The number of hydrogen-bond acceptors (Lipinski definition) is 6. The van der Waals surface area contributed by atoms with E-state index in [2.05, 4.69) is 5.32 Å². The highest BCUT2D eigenvalue weighted by atomic mass is 16.6. The molecule has 2 rings (SSSR count). The molecule has 0 saturated heterocycles. The first-order valence-electron chi connectivity index (χ1n) is 7.99. The maximum absolute atomic E-state index is 11.9. The zero-order chi connectivity index (χ0) is 18.9. The normalized spacial score (nSPS) is 10.2. The van der Waals surface area contributed by atoms with Gasteiger partial charge in [-0.05, 0) is 30.5 Å². The number of nitrogens with zero attached hydrogens (tertiary/aromatic N) is 1. The molecular formula is C18H19N3O5. The van der Waals surface area contributed by atoms with Gasteiger partial charge in [-0.2, -0.15) is 0 Å². The van der Waals surface area contributed by atoms with Crippen molar-refractivity contribution in [1.29, 1.82) is 0 Å². The molecule has 8 heteroatoms. The van der Waals surface area contributed by atoms with Crippen molar-refractivity contribution in [2.45, 2.75) is 12.8 Å². The van der Waals surface area contributed by atoms with E-state index in [1.54, 1.807) is 0 Å². The fraction of sp³-hybridized carbons (Fsp3) is 0.222. The van der Waals surface area contributed by atoms with Gasteiger partial charge in [-0.1, -0.05) is 30.3 Å². The third-order valence-corrected chi connectivity index (χ3v) is 3.60. The van der Waals surface area contributed by atoms with Crippen molar-refractivity contribution in [3.63, 3.8) is 0 Å². The van der Waals surface area contributed by atoms with Crippen LogP contribution in [0.15, 0.2) is 48.5 Å². The van der Waals surface area contributed by atoms with Crippen molar-refractivity contribution in [3.8, 4) is 0 Å². The number of benzene rings is 2. The monoisotopic (exact) mass is 357 g/mol. The Balaban J connectivity index is 1.74. The summed E-state index contributed by atoms with van der Waals surface area (Å²) in [4.78, 5) is 33.7. The summed E-state index contributed by atoms with van der Waals surface area (Å²) in [6.07, 6.45) is 1.59. The SMILES string of the molecule is Nc1ccc(C(=O)OCC(=O)NCCCc2ccccc2)cc1[N+](=O)[O-]. The number of ether oxygens (including phenoxy) is 1. The second-order valence-corrected chi connectivity index (χ2v) is 5.55. The van der Waals surface area contributed by atoms with Gasteiger partial charge in [0.25, 0.3) is 11.6 Å². The Labute approximate surface area is 150 Å². The van der Waals surface area contributed by atoms with Gasteiger partial charge in [0, 0.05) is 12.6 Å². The molecular weight excluding hydrogens is 338 g/mol. The van der Waals surface area contributed by atoms with Crippen LogP contribution >= 0.6 is 0 Å². The van der Waals surface area contributed by atoms with Crippen LogP contribution in [0.3, 0.4) is 0 Å². The molecule has 2 aromatic carbocycles. The minimum atomic E-state index is -0.826. The summed E-state index contributed by atoms with van der Waals surface area (Å²) in [5.41, 5.74) is 6.17. The lowest BCUT2D eigenvalue weighted by atomic mass is 10.1. The van der Waals surface area contributed by atoms with E-state index in [1.165, 1.54) is 17.7 Å². The highest BCUT2D eigenvalue weighted by molar-refractivity contribution is 5.92. The maximum Gasteiger partial charge on any atom is 0.338 e. The quantitative estimate of drug-likeness (QED) is 0.245. The Morgan fingerprint density at radius 2 is 1.88 bits per heavy atom. The second-order valence-electron chi connectivity index (χ2n) is 5.55. The number of nitro benzene ring substituents is 1. The number of nitro groups is 1. The molecule has 0 fully saturated rings. The summed E-state index contributed by atoms with van der Waals surface area (Å²) in [5.74, 6) is -1.26. The van der Waals surface area contributed by atoms with E-state index in [1.807, 2.05) is 30.3 Å². The lowest BCUT2D eigenvalue weighted by molar-refractivity contribution is -0.383. The third kappa shape index (κ3) is 5.59. The molecule has 1 amide bonds. The van der Waals surface area contributed by atoms with E-state index in [4.69, 9.17) is 10.5 Å². The maximum atomic E-state index is 11.9. The van der Waals surface area contributed by atoms with E-state index in [9.17, 15) is 19.7 Å². The Morgan fingerprint density at radius 3 is 2.58 bits per heavy atom. The van der Waals surface area contributed by atoms with Crippen molar-refractivity contribution in [1.82, 2.24) is 5.32 Å². The summed E-state index contributed by atoms with van der Waals surface area (Å²) < 4.78 is 4.87. The highest BCUT2D eigenvalue weighted by Crippen LogP contribution is 2.22. The topological polar surface area (TPSA) is 125 Å². The molecule has 0 aliphatic rings. The Bertz CT molecular complexity index is 793. The Morgan fingerprint density at radius 1 is 1.15 bits per heavy atom. The van der Waals surface area contributed by atoms with Crippen LogP contribution in [-0.2, 0) is 16.0 Å². The molecule has 0 unspecified atom stereocenters. The summed E-state index contributed by atoms with van der Waals surface area (Å²) in [6.45, 7) is 0.000957. The standard InChI is InChI=1S/C18H19N3O5/c19-15-9-8-14(11-16(15)21(24)25)18(23)26-12-17(22)20-10-4-7-13-5-2-1-3-6-13/h1-3,5-6,8-9,11H,4,7,10,12,19H2,(H,20,22). The molecule has 3 N–H and O–H groups in total. The van der Waals surface area contributed by atoms with Gasteiger partial charge in [0.2, 0.25) is 0 Å². The number of amides is 1. The average Bonchev–Trinajstić information content (AvgIpc) is 2.64. The molecule has 0 heterocycles. The largest absolute Gasteiger partial charge is 0.452 e. The van der Waals surface area contributed by atoms with Crippen LogP contribution in [0.1, 0.15) is 22.3 Å². The molecule has 0 saturated carbocycles. The molecule has 136 valence electrons. The zero-order valence-corrected chi connectivity index (χ0v) is 14.0. The molecule has 8 nitrogen and oxygen atoms in total.